The van der Waals surface area contributed by atoms with Gasteiger partial charge in [0.1, 0.15) is 4.90 Å². The molecule has 0 saturated heterocycles. The molecule has 1 aromatic heterocycles. The van der Waals surface area contributed by atoms with Gasteiger partial charge in [-0.3, -0.25) is 5.10 Å². The van der Waals surface area contributed by atoms with E-state index in [0.29, 0.717) is 22.8 Å². The summed E-state index contributed by atoms with van der Waals surface area (Å²) in [5.74, 6) is 0. The Balaban J connectivity index is 2.13. The maximum absolute atomic E-state index is 12.3. The van der Waals surface area contributed by atoms with Gasteiger partial charge in [0.2, 0.25) is 10.0 Å². The van der Waals surface area contributed by atoms with E-state index in [1.54, 1.807) is 13.8 Å². The van der Waals surface area contributed by atoms with E-state index in [0.717, 1.165) is 12.8 Å². The van der Waals surface area contributed by atoms with Crippen molar-refractivity contribution in [2.45, 2.75) is 51.3 Å². The van der Waals surface area contributed by atoms with E-state index in [2.05, 4.69) is 21.8 Å². The molecule has 0 bridgehead atoms. The molecule has 1 saturated carbocycles. The third-order valence-corrected chi connectivity index (χ3v) is 5.49. The van der Waals surface area contributed by atoms with Gasteiger partial charge in [-0.2, -0.15) is 5.10 Å². The molecule has 0 atom stereocenters. The van der Waals surface area contributed by atoms with Gasteiger partial charge in [-0.15, -0.1) is 0 Å². The number of nitrogens with one attached hydrogen (secondary N) is 2. The van der Waals surface area contributed by atoms with Crippen LogP contribution >= 0.6 is 0 Å². The van der Waals surface area contributed by atoms with E-state index in [1.807, 2.05) is 0 Å². The van der Waals surface area contributed by atoms with Crippen LogP contribution in [0.2, 0.25) is 0 Å². The smallest absolute Gasteiger partial charge is 0.244 e. The predicted molar refractivity (Wildman–Crippen MR) is 69.8 cm³/mol. The lowest BCUT2D eigenvalue weighted by Gasteiger charge is -2.23. The van der Waals surface area contributed by atoms with Crippen LogP contribution in [0, 0.1) is 19.3 Å². The van der Waals surface area contributed by atoms with Gasteiger partial charge >= 0.3 is 0 Å². The molecule has 5 nitrogen and oxygen atoms in total. The molecule has 0 unspecified atom stereocenters. The topological polar surface area (TPSA) is 74.8 Å². The lowest BCUT2D eigenvalue weighted by molar-refractivity contribution is 0.336. The maximum Gasteiger partial charge on any atom is 0.244 e. The summed E-state index contributed by atoms with van der Waals surface area (Å²) in [6.45, 7) is 6.10. The molecule has 0 radical (unpaired) electrons. The van der Waals surface area contributed by atoms with Gasteiger partial charge in [-0.05, 0) is 32.1 Å². The van der Waals surface area contributed by atoms with Crippen LogP contribution in [0.3, 0.4) is 0 Å². The van der Waals surface area contributed by atoms with Crippen molar-refractivity contribution in [2.75, 3.05) is 6.54 Å². The van der Waals surface area contributed by atoms with Crippen molar-refractivity contribution in [3.05, 3.63) is 11.4 Å². The van der Waals surface area contributed by atoms with Gasteiger partial charge in [0, 0.05) is 6.54 Å². The average Bonchev–Trinajstić information content (AvgIpc) is 2.85. The molecule has 1 aliphatic carbocycles. The Bertz CT molecular complexity index is 508. The van der Waals surface area contributed by atoms with Crippen molar-refractivity contribution in [1.29, 1.82) is 0 Å². The molecular weight excluding hydrogens is 250 g/mol. The zero-order valence-corrected chi connectivity index (χ0v) is 12.0. The number of aromatic amines is 1. The van der Waals surface area contributed by atoms with Crippen molar-refractivity contribution >= 4 is 10.0 Å². The van der Waals surface area contributed by atoms with Crippen LogP contribution in [-0.4, -0.2) is 25.2 Å². The first kappa shape index (κ1) is 13.5. The van der Waals surface area contributed by atoms with Crippen LogP contribution in [0.15, 0.2) is 4.90 Å². The highest BCUT2D eigenvalue weighted by Crippen LogP contribution is 2.37. The van der Waals surface area contributed by atoms with E-state index >= 15 is 0 Å². The Morgan fingerprint density at radius 3 is 2.44 bits per heavy atom. The maximum atomic E-state index is 12.3. The fraction of sp³-hybridized carbons (Fsp3) is 0.750. The van der Waals surface area contributed by atoms with Gasteiger partial charge < -0.3 is 0 Å². The number of H-pyrrole nitrogens is 1. The van der Waals surface area contributed by atoms with E-state index < -0.39 is 10.0 Å². The lowest BCUT2D eigenvalue weighted by atomic mass is 9.89. The second kappa shape index (κ2) is 4.66. The first-order chi connectivity index (χ1) is 8.34. The molecule has 1 aromatic rings. The van der Waals surface area contributed by atoms with Crippen molar-refractivity contribution in [2.24, 2.45) is 5.41 Å². The number of rotatable bonds is 4. The molecule has 6 heteroatoms. The van der Waals surface area contributed by atoms with E-state index in [9.17, 15) is 8.42 Å². The molecule has 0 amide bonds. The first-order valence-electron chi connectivity index (χ1n) is 6.35. The van der Waals surface area contributed by atoms with Crippen molar-refractivity contribution in [1.82, 2.24) is 14.9 Å². The van der Waals surface area contributed by atoms with Crippen LogP contribution in [0.1, 0.15) is 44.0 Å². The Kier molecular flexibility index (Phi) is 3.51. The Labute approximate surface area is 108 Å². The summed E-state index contributed by atoms with van der Waals surface area (Å²) in [6.07, 6.45) is 4.59. The van der Waals surface area contributed by atoms with Crippen LogP contribution in [0.25, 0.3) is 0 Å². The number of sulfonamides is 1. The highest BCUT2D eigenvalue weighted by atomic mass is 32.2. The fourth-order valence-corrected chi connectivity index (χ4v) is 4.25. The molecule has 1 aliphatic rings. The van der Waals surface area contributed by atoms with E-state index in [1.165, 1.54) is 12.8 Å². The van der Waals surface area contributed by atoms with E-state index in [-0.39, 0.29) is 5.41 Å². The molecular formula is C12H21N3O2S. The van der Waals surface area contributed by atoms with Crippen molar-refractivity contribution in [3.63, 3.8) is 0 Å². The minimum atomic E-state index is -3.45. The number of hydrogen-bond acceptors (Lipinski definition) is 3. The molecule has 0 spiro atoms. The van der Waals surface area contributed by atoms with Gasteiger partial charge in [-0.25, -0.2) is 13.1 Å². The third kappa shape index (κ3) is 2.59. The number of hydrogen-bond donors (Lipinski definition) is 2. The van der Waals surface area contributed by atoms with Crippen LogP contribution in [0.5, 0.6) is 0 Å². The van der Waals surface area contributed by atoms with Gasteiger partial charge in [0.15, 0.2) is 0 Å². The lowest BCUT2D eigenvalue weighted by Crippen LogP contribution is -2.34. The largest absolute Gasteiger partial charge is 0.281 e. The van der Waals surface area contributed by atoms with Crippen molar-refractivity contribution in [3.8, 4) is 0 Å². The molecule has 2 N–H and O–H groups in total. The van der Waals surface area contributed by atoms with E-state index in [4.69, 9.17) is 0 Å². The highest BCUT2D eigenvalue weighted by molar-refractivity contribution is 7.89. The monoisotopic (exact) mass is 271 g/mol. The zero-order chi connectivity index (χ0) is 13.4. The molecule has 102 valence electrons. The average molecular weight is 271 g/mol. The Hall–Kier alpha value is -0.880. The molecule has 18 heavy (non-hydrogen) atoms. The van der Waals surface area contributed by atoms with Crippen molar-refractivity contribution < 1.29 is 8.42 Å². The quantitative estimate of drug-likeness (QED) is 0.878. The third-order valence-electron chi connectivity index (χ3n) is 3.83. The Morgan fingerprint density at radius 1 is 1.33 bits per heavy atom. The SMILES string of the molecule is Cc1n[nH]c(C)c1S(=O)(=O)NCC1(C)CCCC1. The fourth-order valence-electron chi connectivity index (χ4n) is 2.68. The molecule has 1 fully saturated rings. The van der Waals surface area contributed by atoms with Gasteiger partial charge in [-0.1, -0.05) is 19.8 Å². The summed E-state index contributed by atoms with van der Waals surface area (Å²) in [5, 5.41) is 6.65. The van der Waals surface area contributed by atoms with Crippen LogP contribution in [0.4, 0.5) is 0 Å². The van der Waals surface area contributed by atoms with Gasteiger partial charge in [0.05, 0.1) is 11.4 Å². The minimum absolute atomic E-state index is 0.110. The first-order valence-corrected chi connectivity index (χ1v) is 7.84. The number of nitrogens with zero attached hydrogens (tertiary/aromatic N) is 1. The van der Waals surface area contributed by atoms with Crippen LogP contribution < -0.4 is 4.72 Å². The summed E-state index contributed by atoms with van der Waals surface area (Å²) in [4.78, 5) is 0.295. The zero-order valence-electron chi connectivity index (χ0n) is 11.2. The summed E-state index contributed by atoms with van der Waals surface area (Å²) < 4.78 is 27.3. The minimum Gasteiger partial charge on any atom is -0.281 e. The molecule has 1 heterocycles. The Morgan fingerprint density at radius 2 is 1.94 bits per heavy atom. The van der Waals surface area contributed by atoms with Crippen LogP contribution in [-0.2, 0) is 10.0 Å². The van der Waals surface area contributed by atoms with Gasteiger partial charge in [0.25, 0.3) is 0 Å². The number of aromatic nitrogens is 2. The normalized spacial score (nSPS) is 19.3. The number of aryl methyl sites for hydroxylation is 2. The second-order valence-corrected chi connectivity index (χ2v) is 7.31. The second-order valence-electron chi connectivity index (χ2n) is 5.61. The summed E-state index contributed by atoms with van der Waals surface area (Å²) in [6, 6.07) is 0. The molecule has 0 aliphatic heterocycles. The standard InChI is InChI=1S/C12H21N3O2S/c1-9-11(10(2)15-14-9)18(16,17)13-8-12(3)6-4-5-7-12/h13H,4-8H2,1-3H3,(H,14,15). The predicted octanol–water partition coefficient (Wildman–Crippen LogP) is 1.89. The highest BCUT2D eigenvalue weighted by Gasteiger charge is 2.31. The molecule has 2 rings (SSSR count). The summed E-state index contributed by atoms with van der Waals surface area (Å²) >= 11 is 0. The summed E-state index contributed by atoms with van der Waals surface area (Å²) in [5.41, 5.74) is 1.23. The molecule has 0 aromatic carbocycles. The summed E-state index contributed by atoms with van der Waals surface area (Å²) in [7, 11) is -3.45.